The quantitative estimate of drug-likeness (QED) is 0.850. The number of ether oxygens (including phenoxy) is 3. The van der Waals surface area contributed by atoms with Gasteiger partial charge in [-0.05, 0) is 44.4 Å². The lowest BCUT2D eigenvalue weighted by Gasteiger charge is -2.28. The van der Waals surface area contributed by atoms with Crippen LogP contribution in [0.4, 0.5) is 4.79 Å². The van der Waals surface area contributed by atoms with Gasteiger partial charge >= 0.3 is 12.1 Å². The molecule has 25 heavy (non-hydrogen) atoms. The molecule has 0 fully saturated rings. The first-order valence-electron chi connectivity index (χ1n) is 8.22. The minimum Gasteiger partial charge on any atom is -0.456 e. The van der Waals surface area contributed by atoms with Crippen LogP contribution in [0.5, 0.6) is 0 Å². The molecule has 1 aromatic carbocycles. The fourth-order valence-corrected chi connectivity index (χ4v) is 3.20. The number of hydrogen-bond donors (Lipinski definition) is 1. The fourth-order valence-electron chi connectivity index (χ4n) is 3.20. The zero-order valence-electron chi connectivity index (χ0n) is 14.8. The van der Waals surface area contributed by atoms with E-state index in [0.717, 1.165) is 16.7 Å². The van der Waals surface area contributed by atoms with Gasteiger partial charge in [-0.2, -0.15) is 0 Å². The average Bonchev–Trinajstić information content (AvgIpc) is 2.92. The number of aryl methyl sites for hydroxylation is 1. The van der Waals surface area contributed by atoms with E-state index in [2.05, 4.69) is 5.32 Å². The standard InChI is InChI=1S/C19H21NO5/c1-5-23-19(22)25-17-12(4)20-14-9-24-18(21)16(14)15(17)13-8-6-7-10(2)11(13)3/h6-8,15,20H,5,9H2,1-4H3. The predicted molar refractivity (Wildman–Crippen MR) is 90.6 cm³/mol. The van der Waals surface area contributed by atoms with Crippen molar-refractivity contribution in [3.05, 3.63) is 57.6 Å². The van der Waals surface area contributed by atoms with Gasteiger partial charge in [0, 0.05) is 0 Å². The highest BCUT2D eigenvalue weighted by Crippen LogP contribution is 2.42. The van der Waals surface area contributed by atoms with Crippen LogP contribution in [-0.2, 0) is 19.0 Å². The Balaban J connectivity index is 2.12. The molecule has 1 atom stereocenters. The third kappa shape index (κ3) is 2.99. The molecule has 3 rings (SSSR count). The SMILES string of the molecule is CCOC(=O)OC1=C(C)NC2=C(C(=O)OC2)C1c1cccc(C)c1C. The Morgan fingerprint density at radius 2 is 2.08 bits per heavy atom. The highest BCUT2D eigenvalue weighted by Gasteiger charge is 2.41. The van der Waals surface area contributed by atoms with Crippen LogP contribution in [0, 0.1) is 13.8 Å². The van der Waals surface area contributed by atoms with Crippen molar-refractivity contribution in [2.24, 2.45) is 0 Å². The molecule has 0 saturated carbocycles. The number of carbonyl (C=O) groups is 2. The molecule has 2 aliphatic heterocycles. The van der Waals surface area contributed by atoms with Gasteiger partial charge in [0.2, 0.25) is 0 Å². The molecule has 132 valence electrons. The lowest BCUT2D eigenvalue weighted by molar-refractivity contribution is -0.136. The minimum atomic E-state index is -0.788. The van der Waals surface area contributed by atoms with Crippen LogP contribution in [0.2, 0.25) is 0 Å². The van der Waals surface area contributed by atoms with Crippen molar-refractivity contribution >= 4 is 12.1 Å². The molecular weight excluding hydrogens is 322 g/mol. The minimum absolute atomic E-state index is 0.194. The molecule has 1 aromatic rings. The molecule has 0 bridgehead atoms. The van der Waals surface area contributed by atoms with Crippen LogP contribution >= 0.6 is 0 Å². The van der Waals surface area contributed by atoms with Gasteiger partial charge in [-0.1, -0.05) is 18.2 Å². The second kappa shape index (κ2) is 6.63. The molecule has 0 amide bonds. The number of nitrogens with one attached hydrogen (secondary N) is 1. The highest BCUT2D eigenvalue weighted by atomic mass is 16.7. The Morgan fingerprint density at radius 1 is 1.32 bits per heavy atom. The predicted octanol–water partition coefficient (Wildman–Crippen LogP) is 3.21. The second-order valence-corrected chi connectivity index (χ2v) is 6.09. The van der Waals surface area contributed by atoms with Crippen molar-refractivity contribution in [1.29, 1.82) is 0 Å². The summed E-state index contributed by atoms with van der Waals surface area (Å²) in [5, 5.41) is 3.12. The maximum atomic E-state index is 12.3. The van der Waals surface area contributed by atoms with E-state index in [9.17, 15) is 9.59 Å². The van der Waals surface area contributed by atoms with E-state index in [-0.39, 0.29) is 13.2 Å². The normalized spacial score (nSPS) is 19.4. The Labute approximate surface area is 146 Å². The number of esters is 1. The summed E-state index contributed by atoms with van der Waals surface area (Å²) < 4.78 is 15.6. The van der Waals surface area contributed by atoms with Crippen LogP contribution in [0.1, 0.15) is 36.5 Å². The number of dihydropyridines is 1. The topological polar surface area (TPSA) is 73.9 Å². The zero-order chi connectivity index (χ0) is 18.1. The molecule has 6 nitrogen and oxygen atoms in total. The third-order valence-electron chi connectivity index (χ3n) is 4.56. The molecule has 6 heteroatoms. The van der Waals surface area contributed by atoms with Crippen molar-refractivity contribution in [2.75, 3.05) is 13.2 Å². The summed E-state index contributed by atoms with van der Waals surface area (Å²) in [4.78, 5) is 24.3. The number of allylic oxidation sites excluding steroid dienone is 2. The molecule has 2 aliphatic rings. The average molecular weight is 343 g/mol. The maximum Gasteiger partial charge on any atom is 0.513 e. The molecule has 0 aliphatic carbocycles. The summed E-state index contributed by atoms with van der Waals surface area (Å²) in [6.07, 6.45) is -0.788. The van der Waals surface area contributed by atoms with Crippen molar-refractivity contribution in [3.8, 4) is 0 Å². The monoisotopic (exact) mass is 343 g/mol. The van der Waals surface area contributed by atoms with E-state index in [1.54, 1.807) is 13.8 Å². The van der Waals surface area contributed by atoms with E-state index < -0.39 is 18.0 Å². The Kier molecular flexibility index (Phi) is 4.53. The summed E-state index contributed by atoms with van der Waals surface area (Å²) in [6, 6.07) is 5.87. The first kappa shape index (κ1) is 17.1. The Hall–Kier alpha value is -2.76. The van der Waals surface area contributed by atoms with Crippen LogP contribution in [0.3, 0.4) is 0 Å². The number of cyclic esters (lactones) is 1. The first-order chi connectivity index (χ1) is 11.9. The van der Waals surface area contributed by atoms with Gasteiger partial charge in [0.1, 0.15) is 12.4 Å². The van der Waals surface area contributed by atoms with E-state index in [1.807, 2.05) is 32.0 Å². The summed E-state index contributed by atoms with van der Waals surface area (Å²) in [7, 11) is 0. The lowest BCUT2D eigenvalue weighted by atomic mass is 9.82. The van der Waals surface area contributed by atoms with Crippen LogP contribution < -0.4 is 5.32 Å². The second-order valence-electron chi connectivity index (χ2n) is 6.09. The largest absolute Gasteiger partial charge is 0.513 e. The third-order valence-corrected chi connectivity index (χ3v) is 4.56. The van der Waals surface area contributed by atoms with E-state index in [0.29, 0.717) is 22.7 Å². The highest BCUT2D eigenvalue weighted by molar-refractivity contribution is 5.95. The van der Waals surface area contributed by atoms with Gasteiger partial charge < -0.3 is 19.5 Å². The molecule has 0 spiro atoms. The number of hydrogen-bond acceptors (Lipinski definition) is 6. The fraction of sp³-hybridized carbons (Fsp3) is 0.368. The molecule has 0 saturated heterocycles. The van der Waals surface area contributed by atoms with Gasteiger partial charge in [-0.3, -0.25) is 0 Å². The lowest BCUT2D eigenvalue weighted by Crippen LogP contribution is -2.28. The number of rotatable bonds is 3. The summed E-state index contributed by atoms with van der Waals surface area (Å²) in [5.74, 6) is -0.536. The molecular formula is C19H21NO5. The molecule has 1 N–H and O–H groups in total. The van der Waals surface area contributed by atoms with E-state index in [1.165, 1.54) is 0 Å². The van der Waals surface area contributed by atoms with Gasteiger partial charge in [0.15, 0.2) is 0 Å². The van der Waals surface area contributed by atoms with Crippen LogP contribution in [0.15, 0.2) is 40.9 Å². The van der Waals surface area contributed by atoms with Crippen LogP contribution in [-0.4, -0.2) is 25.3 Å². The van der Waals surface area contributed by atoms with Crippen molar-refractivity contribution in [1.82, 2.24) is 5.32 Å². The van der Waals surface area contributed by atoms with E-state index in [4.69, 9.17) is 14.2 Å². The smallest absolute Gasteiger partial charge is 0.456 e. The molecule has 0 aromatic heterocycles. The summed E-state index contributed by atoms with van der Waals surface area (Å²) >= 11 is 0. The van der Waals surface area contributed by atoms with Crippen molar-refractivity contribution in [3.63, 3.8) is 0 Å². The Bertz CT molecular complexity index is 806. The molecule has 0 radical (unpaired) electrons. The summed E-state index contributed by atoms with van der Waals surface area (Å²) in [6.45, 7) is 7.91. The molecule has 2 heterocycles. The number of carbonyl (C=O) groups excluding carboxylic acids is 2. The van der Waals surface area contributed by atoms with E-state index >= 15 is 0 Å². The molecule has 1 unspecified atom stereocenters. The van der Waals surface area contributed by atoms with Crippen molar-refractivity contribution < 1.29 is 23.8 Å². The van der Waals surface area contributed by atoms with Crippen molar-refractivity contribution in [2.45, 2.75) is 33.6 Å². The van der Waals surface area contributed by atoms with Gasteiger partial charge in [-0.15, -0.1) is 0 Å². The Morgan fingerprint density at radius 3 is 2.80 bits per heavy atom. The van der Waals surface area contributed by atoms with Gasteiger partial charge in [0.25, 0.3) is 0 Å². The number of benzene rings is 1. The first-order valence-corrected chi connectivity index (χ1v) is 8.22. The van der Waals surface area contributed by atoms with Crippen LogP contribution in [0.25, 0.3) is 0 Å². The zero-order valence-corrected chi connectivity index (χ0v) is 14.8. The van der Waals surface area contributed by atoms with Gasteiger partial charge in [0.05, 0.1) is 29.5 Å². The van der Waals surface area contributed by atoms with Gasteiger partial charge in [-0.25, -0.2) is 9.59 Å². The maximum absolute atomic E-state index is 12.3. The summed E-state index contributed by atoms with van der Waals surface area (Å²) in [5.41, 5.74) is 4.90.